The van der Waals surface area contributed by atoms with Crippen molar-refractivity contribution >= 4 is 23.2 Å². The van der Waals surface area contributed by atoms with Crippen LogP contribution in [-0.4, -0.2) is 55.8 Å². The van der Waals surface area contributed by atoms with E-state index in [0.717, 1.165) is 31.5 Å². The molecule has 0 spiro atoms. The van der Waals surface area contributed by atoms with Crippen LogP contribution < -0.4 is 15.8 Å². The van der Waals surface area contributed by atoms with Gasteiger partial charge >= 0.3 is 0 Å². The number of carbonyl (C=O) groups is 1. The monoisotopic (exact) mass is 461 g/mol. The lowest BCUT2D eigenvalue weighted by molar-refractivity contribution is -0.0462. The van der Waals surface area contributed by atoms with E-state index in [1.165, 1.54) is 18.2 Å². The van der Waals surface area contributed by atoms with Crippen LogP contribution in [0.1, 0.15) is 29.3 Å². The summed E-state index contributed by atoms with van der Waals surface area (Å²) in [4.78, 5) is 15.2. The lowest BCUT2D eigenvalue weighted by Gasteiger charge is -2.35. The van der Waals surface area contributed by atoms with Gasteiger partial charge in [-0.1, -0.05) is 23.7 Å². The molecule has 4 rings (SSSR count). The minimum atomic E-state index is -0.267. The van der Waals surface area contributed by atoms with Crippen molar-refractivity contribution in [2.45, 2.75) is 31.9 Å². The van der Waals surface area contributed by atoms with Crippen molar-refractivity contribution in [1.82, 2.24) is 10.2 Å². The second-order valence-electron chi connectivity index (χ2n) is 8.51. The van der Waals surface area contributed by atoms with E-state index in [-0.39, 0.29) is 17.8 Å². The van der Waals surface area contributed by atoms with Gasteiger partial charge < -0.3 is 20.5 Å². The molecule has 1 amide bonds. The Labute approximate surface area is 192 Å². The van der Waals surface area contributed by atoms with Gasteiger partial charge in [0.2, 0.25) is 0 Å². The van der Waals surface area contributed by atoms with Crippen LogP contribution in [0.15, 0.2) is 36.4 Å². The first-order valence-electron chi connectivity index (χ1n) is 11.0. The Morgan fingerprint density at radius 1 is 1.31 bits per heavy atom. The van der Waals surface area contributed by atoms with Crippen molar-refractivity contribution in [3.8, 4) is 5.75 Å². The second-order valence-corrected chi connectivity index (χ2v) is 8.92. The van der Waals surface area contributed by atoms with Crippen LogP contribution >= 0.6 is 11.6 Å². The molecule has 2 saturated heterocycles. The van der Waals surface area contributed by atoms with E-state index in [9.17, 15) is 9.18 Å². The molecular weight excluding hydrogens is 433 g/mol. The molecule has 172 valence electrons. The van der Waals surface area contributed by atoms with E-state index in [1.807, 2.05) is 19.1 Å². The molecule has 3 N–H and O–H groups in total. The highest BCUT2D eigenvalue weighted by Crippen LogP contribution is 2.31. The third kappa shape index (κ3) is 5.34. The molecule has 0 saturated carbocycles. The molecule has 2 heterocycles. The van der Waals surface area contributed by atoms with E-state index < -0.39 is 0 Å². The molecule has 3 atom stereocenters. The van der Waals surface area contributed by atoms with Crippen LogP contribution in [0.25, 0.3) is 0 Å². The summed E-state index contributed by atoms with van der Waals surface area (Å²) in [6, 6.07) is 10.3. The van der Waals surface area contributed by atoms with Crippen LogP contribution in [0, 0.1) is 11.7 Å². The number of fused-ring (bicyclic) bond motifs is 1. The second kappa shape index (κ2) is 10.1. The van der Waals surface area contributed by atoms with E-state index >= 15 is 0 Å². The van der Waals surface area contributed by atoms with Gasteiger partial charge in [0, 0.05) is 31.7 Å². The maximum absolute atomic E-state index is 13.1. The van der Waals surface area contributed by atoms with Gasteiger partial charge in [0.05, 0.1) is 35.6 Å². The van der Waals surface area contributed by atoms with Gasteiger partial charge in [-0.3, -0.25) is 9.69 Å². The first-order valence-corrected chi connectivity index (χ1v) is 11.4. The van der Waals surface area contributed by atoms with Crippen LogP contribution in [0.4, 0.5) is 10.1 Å². The number of anilines is 1. The molecule has 2 aliphatic rings. The smallest absolute Gasteiger partial charge is 0.255 e. The zero-order valence-electron chi connectivity index (χ0n) is 18.2. The van der Waals surface area contributed by atoms with E-state index in [2.05, 4.69) is 10.2 Å². The number of nitrogen functional groups attached to an aromatic ring is 1. The molecule has 0 bridgehead atoms. The number of rotatable bonds is 7. The van der Waals surface area contributed by atoms with Gasteiger partial charge in [0.15, 0.2) is 0 Å². The van der Waals surface area contributed by atoms with Crippen molar-refractivity contribution in [2.24, 2.45) is 5.92 Å². The average Bonchev–Trinajstić information content (AvgIpc) is 3.17. The summed E-state index contributed by atoms with van der Waals surface area (Å²) in [5.41, 5.74) is 7.74. The van der Waals surface area contributed by atoms with Gasteiger partial charge in [-0.15, -0.1) is 0 Å². The Morgan fingerprint density at radius 3 is 2.84 bits per heavy atom. The Morgan fingerprint density at radius 2 is 2.09 bits per heavy atom. The fourth-order valence-corrected chi connectivity index (χ4v) is 4.76. The molecule has 0 radical (unpaired) electrons. The topological polar surface area (TPSA) is 76.8 Å². The first kappa shape index (κ1) is 22.8. The molecule has 2 aromatic carbocycles. The van der Waals surface area contributed by atoms with Crippen molar-refractivity contribution < 1.29 is 18.7 Å². The highest BCUT2D eigenvalue weighted by atomic mass is 35.5. The number of hydrogen-bond donors (Lipinski definition) is 2. The van der Waals surface area contributed by atoms with Crippen molar-refractivity contribution in [1.29, 1.82) is 0 Å². The number of ether oxygens (including phenoxy) is 2. The Kier molecular flexibility index (Phi) is 7.18. The van der Waals surface area contributed by atoms with Crippen LogP contribution in [-0.2, 0) is 11.2 Å². The van der Waals surface area contributed by atoms with Crippen molar-refractivity contribution in [3.63, 3.8) is 0 Å². The summed E-state index contributed by atoms with van der Waals surface area (Å²) in [7, 11) is 0. The summed E-state index contributed by atoms with van der Waals surface area (Å²) in [6.45, 7) is 5.07. The first-order chi connectivity index (χ1) is 15.4. The molecule has 2 aromatic rings. The number of carbonyl (C=O) groups excluding carboxylic acids is 1. The number of hydrogen-bond acceptors (Lipinski definition) is 5. The summed E-state index contributed by atoms with van der Waals surface area (Å²) >= 11 is 6.11. The van der Waals surface area contributed by atoms with Gasteiger partial charge in [0.25, 0.3) is 5.91 Å². The minimum absolute atomic E-state index is 0.0837. The maximum atomic E-state index is 13.1. The Bertz CT molecular complexity index is 956. The molecule has 6 nitrogen and oxygen atoms in total. The third-order valence-corrected chi connectivity index (χ3v) is 6.48. The fraction of sp³-hybridized carbons (Fsp3) is 0.458. The van der Waals surface area contributed by atoms with Crippen LogP contribution in [0.2, 0.25) is 5.02 Å². The number of nitrogens with zero attached hydrogens (tertiary/aromatic N) is 1. The number of nitrogens with two attached hydrogens (primary N) is 1. The predicted molar refractivity (Wildman–Crippen MR) is 123 cm³/mol. The van der Waals surface area contributed by atoms with Gasteiger partial charge in [-0.05, 0) is 49.4 Å². The van der Waals surface area contributed by atoms with Gasteiger partial charge in [-0.25, -0.2) is 4.39 Å². The highest BCUT2D eigenvalue weighted by molar-refractivity contribution is 6.33. The number of nitrogens with one attached hydrogen (secondary N) is 1. The normalized spacial score (nSPS) is 23.0. The maximum Gasteiger partial charge on any atom is 0.255 e. The number of halogens is 2. The standard InChI is InChI=1S/C24H29ClFN3O3/c1-2-31-23-10-22(27)21(25)9-20(23)24(30)28-11-19-13-29-12-16(8-18(29)14-32-19)7-15-3-5-17(26)6-4-15/h3-6,9-10,16,18-19H,2,7-8,11-14,27H2,1H3,(H,28,30)/t16-,18+,19-/m0/s1. The quantitative estimate of drug-likeness (QED) is 0.617. The average molecular weight is 462 g/mol. The summed E-state index contributed by atoms with van der Waals surface area (Å²) in [5.74, 6) is 0.468. The Hall–Kier alpha value is -2.35. The zero-order valence-corrected chi connectivity index (χ0v) is 18.9. The predicted octanol–water partition coefficient (Wildman–Crippen LogP) is 3.52. The van der Waals surface area contributed by atoms with Gasteiger partial charge in [0.1, 0.15) is 11.6 Å². The molecular formula is C24H29ClFN3O3. The lowest BCUT2D eigenvalue weighted by Crippen LogP contribution is -2.50. The van der Waals surface area contributed by atoms with E-state index in [0.29, 0.717) is 53.7 Å². The minimum Gasteiger partial charge on any atom is -0.493 e. The van der Waals surface area contributed by atoms with Crippen LogP contribution in [0.3, 0.4) is 0 Å². The van der Waals surface area contributed by atoms with Crippen molar-refractivity contribution in [3.05, 3.63) is 58.4 Å². The largest absolute Gasteiger partial charge is 0.493 e. The molecule has 0 aliphatic carbocycles. The zero-order chi connectivity index (χ0) is 22.7. The van der Waals surface area contributed by atoms with E-state index in [1.54, 1.807) is 6.07 Å². The number of amides is 1. The number of morpholine rings is 1. The van der Waals surface area contributed by atoms with E-state index in [4.69, 9.17) is 26.8 Å². The molecule has 0 aromatic heterocycles. The van der Waals surface area contributed by atoms with Crippen LogP contribution in [0.5, 0.6) is 5.75 Å². The van der Waals surface area contributed by atoms with Gasteiger partial charge in [-0.2, -0.15) is 0 Å². The fourth-order valence-electron chi connectivity index (χ4n) is 4.60. The van der Waals surface area contributed by atoms with Crippen molar-refractivity contribution in [2.75, 3.05) is 38.6 Å². The Balaban J connectivity index is 1.30. The molecule has 2 fully saturated rings. The lowest BCUT2D eigenvalue weighted by atomic mass is 9.97. The summed E-state index contributed by atoms with van der Waals surface area (Å²) in [5, 5.41) is 3.26. The molecule has 2 aliphatic heterocycles. The third-order valence-electron chi connectivity index (χ3n) is 6.15. The summed E-state index contributed by atoms with van der Waals surface area (Å²) < 4.78 is 24.7. The SMILES string of the molecule is CCOc1cc(N)c(Cl)cc1C(=O)NC[C@H]1CN2C[C@@H](Cc3ccc(F)cc3)C[C@@H]2CO1. The molecule has 32 heavy (non-hydrogen) atoms. The number of benzene rings is 2. The highest BCUT2D eigenvalue weighted by Gasteiger charge is 2.37. The molecule has 8 heteroatoms. The molecule has 0 unspecified atom stereocenters. The summed E-state index contributed by atoms with van der Waals surface area (Å²) in [6.07, 6.45) is 1.92.